The Hall–Kier alpha value is -2.35. The Morgan fingerprint density at radius 1 is 1.00 bits per heavy atom. The van der Waals surface area contributed by atoms with Crippen LogP contribution in [0.25, 0.3) is 0 Å². The Bertz CT molecular complexity index is 505. The number of benzene rings is 1. The van der Waals surface area contributed by atoms with E-state index >= 15 is 0 Å². The van der Waals surface area contributed by atoms with Gasteiger partial charge in [0.05, 0.1) is 27.9 Å². The fourth-order valence-corrected chi connectivity index (χ4v) is 1.57. The molecule has 1 aromatic carbocycles. The quantitative estimate of drug-likeness (QED) is 0.526. The predicted octanol–water partition coefficient (Wildman–Crippen LogP) is 0.222. The van der Waals surface area contributed by atoms with E-state index in [2.05, 4.69) is 9.98 Å². The predicted molar refractivity (Wildman–Crippen MR) is 84.5 cm³/mol. The molecule has 0 aliphatic carbocycles. The van der Waals surface area contributed by atoms with Gasteiger partial charge in [0, 0.05) is 0 Å². The highest BCUT2D eigenvalue weighted by atomic mass is 35.5. The van der Waals surface area contributed by atoms with Crippen molar-refractivity contribution in [2.24, 2.45) is 27.2 Å². The molecule has 0 amide bonds. The molecule has 9 heteroatoms. The summed E-state index contributed by atoms with van der Waals surface area (Å²) in [6.07, 6.45) is 0. The first-order valence-corrected chi connectivity index (χ1v) is 5.70. The fourth-order valence-electron chi connectivity index (χ4n) is 1.57. The lowest BCUT2D eigenvalue weighted by Gasteiger charge is -2.13. The third-order valence-corrected chi connectivity index (χ3v) is 2.39. The van der Waals surface area contributed by atoms with Crippen LogP contribution in [0.3, 0.4) is 0 Å². The lowest BCUT2D eigenvalue weighted by molar-refractivity contribution is 0.324. The zero-order chi connectivity index (χ0) is 15.1. The van der Waals surface area contributed by atoms with Gasteiger partial charge in [0.15, 0.2) is 17.5 Å². The zero-order valence-corrected chi connectivity index (χ0v) is 12.9. The standard InChI is InChI=1S/C12H19N5O3.ClH/c1-18-8-4-7(5-9(19-2)10(8)20-3)6-16-12(15)17-11(13)14;/h4-5H,6H2,1-3H3,(H6,13,14,15,16,17);1H. The highest BCUT2D eigenvalue weighted by molar-refractivity contribution is 5.92. The van der Waals surface area contributed by atoms with Gasteiger partial charge in [-0.1, -0.05) is 0 Å². The van der Waals surface area contributed by atoms with Crippen molar-refractivity contribution in [3.63, 3.8) is 0 Å². The lowest BCUT2D eigenvalue weighted by atomic mass is 10.2. The molecule has 1 rings (SSSR count). The molecule has 0 aromatic heterocycles. The highest BCUT2D eigenvalue weighted by Crippen LogP contribution is 2.38. The van der Waals surface area contributed by atoms with Crippen LogP contribution in [0.15, 0.2) is 22.1 Å². The normalized spacial score (nSPS) is 10.3. The number of guanidine groups is 2. The summed E-state index contributed by atoms with van der Waals surface area (Å²) in [7, 11) is 4.62. The second-order valence-electron chi connectivity index (χ2n) is 3.74. The molecule has 8 nitrogen and oxygen atoms in total. The Balaban J connectivity index is 0.00000400. The summed E-state index contributed by atoms with van der Waals surface area (Å²) < 4.78 is 15.7. The summed E-state index contributed by atoms with van der Waals surface area (Å²) in [6.45, 7) is 0.277. The van der Waals surface area contributed by atoms with Crippen LogP contribution in [0, 0.1) is 0 Å². The van der Waals surface area contributed by atoms with Crippen LogP contribution in [0.5, 0.6) is 17.2 Å². The topological polar surface area (TPSA) is 130 Å². The van der Waals surface area contributed by atoms with Crippen LogP contribution >= 0.6 is 12.4 Å². The molecule has 0 bridgehead atoms. The van der Waals surface area contributed by atoms with Crippen molar-refractivity contribution in [3.05, 3.63) is 17.7 Å². The Morgan fingerprint density at radius 3 is 1.90 bits per heavy atom. The number of rotatable bonds is 5. The monoisotopic (exact) mass is 317 g/mol. The maximum absolute atomic E-state index is 5.53. The summed E-state index contributed by atoms with van der Waals surface area (Å²) in [5, 5.41) is 0. The number of hydrogen-bond donors (Lipinski definition) is 3. The molecular weight excluding hydrogens is 298 g/mol. The Morgan fingerprint density at radius 2 is 1.52 bits per heavy atom. The molecule has 0 saturated carbocycles. The van der Waals surface area contributed by atoms with Gasteiger partial charge in [0.1, 0.15) is 0 Å². The summed E-state index contributed by atoms with van der Waals surface area (Å²) in [6, 6.07) is 3.54. The number of methoxy groups -OCH3 is 3. The van der Waals surface area contributed by atoms with Gasteiger partial charge in [-0.2, -0.15) is 4.99 Å². The molecule has 0 radical (unpaired) electrons. The van der Waals surface area contributed by atoms with Crippen molar-refractivity contribution in [1.82, 2.24) is 0 Å². The second-order valence-corrected chi connectivity index (χ2v) is 3.74. The van der Waals surface area contributed by atoms with Crippen molar-refractivity contribution in [1.29, 1.82) is 0 Å². The molecule has 0 atom stereocenters. The average molecular weight is 318 g/mol. The molecule has 118 valence electrons. The summed E-state index contributed by atoms with van der Waals surface area (Å²) in [4.78, 5) is 7.66. The molecule has 0 unspecified atom stereocenters. The summed E-state index contributed by atoms with van der Waals surface area (Å²) >= 11 is 0. The highest BCUT2D eigenvalue weighted by Gasteiger charge is 2.12. The maximum Gasteiger partial charge on any atom is 0.218 e. The van der Waals surface area contributed by atoms with Crippen LogP contribution in [0.4, 0.5) is 0 Å². The SMILES string of the molecule is COc1cc(CN=C(N)N=C(N)N)cc(OC)c1OC.Cl. The number of ether oxygens (including phenoxy) is 3. The maximum atomic E-state index is 5.53. The van der Waals surface area contributed by atoms with Gasteiger partial charge in [-0.15, -0.1) is 12.4 Å². The van der Waals surface area contributed by atoms with Gasteiger partial charge in [-0.25, -0.2) is 4.99 Å². The van der Waals surface area contributed by atoms with Crippen molar-refractivity contribution in [2.75, 3.05) is 21.3 Å². The first kappa shape index (κ1) is 18.7. The van der Waals surface area contributed by atoms with E-state index in [-0.39, 0.29) is 30.9 Å². The van der Waals surface area contributed by atoms with E-state index in [4.69, 9.17) is 31.4 Å². The van der Waals surface area contributed by atoms with Crippen LogP contribution in [0.1, 0.15) is 5.56 Å². The number of hydrogen-bond acceptors (Lipinski definition) is 4. The Kier molecular flexibility index (Phi) is 7.77. The minimum atomic E-state index is -0.142. The molecule has 0 aliphatic heterocycles. The number of halogens is 1. The van der Waals surface area contributed by atoms with E-state index in [1.165, 1.54) is 21.3 Å². The lowest BCUT2D eigenvalue weighted by Crippen LogP contribution is -2.26. The molecule has 0 heterocycles. The van der Waals surface area contributed by atoms with E-state index in [9.17, 15) is 0 Å². The third kappa shape index (κ3) is 5.27. The van der Waals surface area contributed by atoms with E-state index in [0.29, 0.717) is 17.2 Å². The molecule has 0 spiro atoms. The van der Waals surface area contributed by atoms with Crippen LogP contribution in [0.2, 0.25) is 0 Å². The largest absolute Gasteiger partial charge is 0.493 e. The van der Waals surface area contributed by atoms with Crippen LogP contribution in [-0.2, 0) is 6.54 Å². The van der Waals surface area contributed by atoms with Crippen molar-refractivity contribution in [2.45, 2.75) is 6.54 Å². The van der Waals surface area contributed by atoms with Crippen LogP contribution < -0.4 is 31.4 Å². The smallest absolute Gasteiger partial charge is 0.218 e. The Labute approximate surface area is 129 Å². The van der Waals surface area contributed by atoms with E-state index in [1.54, 1.807) is 12.1 Å². The van der Waals surface area contributed by atoms with Gasteiger partial charge in [0.2, 0.25) is 11.7 Å². The van der Waals surface area contributed by atoms with Gasteiger partial charge in [-0.05, 0) is 17.7 Å². The molecule has 0 fully saturated rings. The summed E-state index contributed by atoms with van der Waals surface area (Å²) in [5.41, 5.74) is 16.8. The second kappa shape index (κ2) is 8.75. The van der Waals surface area contributed by atoms with Gasteiger partial charge in [-0.3, -0.25) is 0 Å². The number of nitrogens with zero attached hydrogens (tertiary/aromatic N) is 2. The summed E-state index contributed by atoms with van der Waals surface area (Å²) in [5.74, 6) is 1.45. The number of nitrogens with two attached hydrogens (primary N) is 3. The van der Waals surface area contributed by atoms with Crippen molar-refractivity contribution < 1.29 is 14.2 Å². The zero-order valence-electron chi connectivity index (χ0n) is 12.1. The number of aliphatic imine (C=N–C) groups is 2. The average Bonchev–Trinajstić information content (AvgIpc) is 2.42. The van der Waals surface area contributed by atoms with Crippen molar-refractivity contribution >= 4 is 24.3 Å². The third-order valence-electron chi connectivity index (χ3n) is 2.39. The van der Waals surface area contributed by atoms with E-state index in [0.717, 1.165) is 5.56 Å². The molecular formula is C12H20ClN5O3. The molecule has 0 saturated heterocycles. The molecule has 21 heavy (non-hydrogen) atoms. The molecule has 0 aliphatic rings. The first-order valence-electron chi connectivity index (χ1n) is 5.70. The fraction of sp³-hybridized carbons (Fsp3) is 0.333. The van der Waals surface area contributed by atoms with Gasteiger partial charge < -0.3 is 31.4 Å². The van der Waals surface area contributed by atoms with Gasteiger partial charge in [0.25, 0.3) is 0 Å². The minimum absolute atomic E-state index is 0. The van der Waals surface area contributed by atoms with Crippen LogP contribution in [-0.4, -0.2) is 33.2 Å². The molecule has 1 aromatic rings. The van der Waals surface area contributed by atoms with Gasteiger partial charge >= 0.3 is 0 Å². The minimum Gasteiger partial charge on any atom is -0.493 e. The first-order chi connectivity index (χ1) is 9.51. The van der Waals surface area contributed by atoms with E-state index < -0.39 is 0 Å². The molecule has 6 N–H and O–H groups in total. The van der Waals surface area contributed by atoms with E-state index in [1.807, 2.05) is 0 Å². The van der Waals surface area contributed by atoms with Crippen molar-refractivity contribution in [3.8, 4) is 17.2 Å².